The van der Waals surface area contributed by atoms with Gasteiger partial charge < -0.3 is 9.47 Å². The Balaban J connectivity index is 2.38. The lowest BCUT2D eigenvalue weighted by Crippen LogP contribution is -2.27. The number of nitrogens with zero attached hydrogens (tertiary/aromatic N) is 2. The Morgan fingerprint density at radius 3 is 2.68 bits per heavy atom. The first-order valence-electron chi connectivity index (χ1n) is 6.96. The number of rotatable bonds is 3. The molecule has 1 amide bonds. The third-order valence-electron chi connectivity index (χ3n) is 2.64. The van der Waals surface area contributed by atoms with Gasteiger partial charge in [-0.3, -0.25) is 5.32 Å². The molecule has 0 radical (unpaired) electrons. The van der Waals surface area contributed by atoms with Crippen molar-refractivity contribution in [1.29, 1.82) is 0 Å². The van der Waals surface area contributed by atoms with Crippen LogP contribution in [0, 0.1) is 0 Å². The quantitative estimate of drug-likeness (QED) is 0.882. The first-order chi connectivity index (χ1) is 10.3. The topological polar surface area (TPSA) is 81.9 Å². The monoisotopic (exact) mass is 305 g/mol. The Morgan fingerprint density at radius 1 is 1.32 bits per heavy atom. The average molecular weight is 305 g/mol. The summed E-state index contributed by atoms with van der Waals surface area (Å²) in [5, 5.41) is 6.69. The maximum absolute atomic E-state index is 12.1. The highest BCUT2D eigenvalue weighted by Crippen LogP contribution is 2.22. The summed E-state index contributed by atoms with van der Waals surface area (Å²) in [6.07, 6.45) is 1.000. The molecule has 0 aliphatic heterocycles. The van der Waals surface area contributed by atoms with Gasteiger partial charge in [0.2, 0.25) is 0 Å². The number of amides is 1. The molecule has 0 saturated carbocycles. The van der Waals surface area contributed by atoms with E-state index in [-0.39, 0.29) is 18.0 Å². The zero-order chi connectivity index (χ0) is 16.3. The molecule has 0 bridgehead atoms. The molecular formula is C15H19N3O4. The fourth-order valence-corrected chi connectivity index (χ4v) is 1.89. The van der Waals surface area contributed by atoms with Gasteiger partial charge in [-0.25, -0.2) is 14.1 Å². The van der Waals surface area contributed by atoms with E-state index >= 15 is 0 Å². The van der Waals surface area contributed by atoms with Crippen LogP contribution in [0.1, 0.15) is 38.1 Å². The van der Waals surface area contributed by atoms with E-state index in [4.69, 9.17) is 9.47 Å². The third kappa shape index (κ3) is 3.55. The fourth-order valence-electron chi connectivity index (χ4n) is 1.89. The van der Waals surface area contributed by atoms with Gasteiger partial charge in [-0.05, 0) is 39.8 Å². The Labute approximate surface area is 128 Å². The Morgan fingerprint density at radius 2 is 2.05 bits per heavy atom. The van der Waals surface area contributed by atoms with Crippen LogP contribution in [0.2, 0.25) is 0 Å². The van der Waals surface area contributed by atoms with E-state index in [9.17, 15) is 9.59 Å². The van der Waals surface area contributed by atoms with Crippen molar-refractivity contribution >= 4 is 23.4 Å². The number of ether oxygens (including phenoxy) is 2. The van der Waals surface area contributed by atoms with Crippen molar-refractivity contribution in [3.05, 3.63) is 30.0 Å². The summed E-state index contributed by atoms with van der Waals surface area (Å²) in [6, 6.07) is 5.27. The number of anilines is 1. The molecule has 0 saturated heterocycles. The molecule has 0 spiro atoms. The Kier molecular flexibility index (Phi) is 4.35. The van der Waals surface area contributed by atoms with Crippen LogP contribution in [0.25, 0.3) is 5.52 Å². The van der Waals surface area contributed by atoms with Crippen LogP contribution in [0.3, 0.4) is 0 Å². The summed E-state index contributed by atoms with van der Waals surface area (Å²) in [5.41, 5.74) is 0.105. The number of hydrogen-bond donors (Lipinski definition) is 1. The number of hydrogen-bond acceptors (Lipinski definition) is 5. The van der Waals surface area contributed by atoms with E-state index in [1.165, 1.54) is 4.52 Å². The number of carbonyl (C=O) groups is 2. The highest BCUT2D eigenvalue weighted by molar-refractivity contribution is 6.04. The lowest BCUT2D eigenvalue weighted by atomic mass is 10.2. The summed E-state index contributed by atoms with van der Waals surface area (Å²) in [7, 11) is 0. The molecular weight excluding hydrogens is 286 g/mol. The second-order valence-corrected chi connectivity index (χ2v) is 5.60. The van der Waals surface area contributed by atoms with E-state index < -0.39 is 17.7 Å². The third-order valence-corrected chi connectivity index (χ3v) is 2.64. The first kappa shape index (κ1) is 15.8. The Bertz CT molecular complexity index is 700. The second kappa shape index (κ2) is 6.05. The molecule has 2 aromatic heterocycles. The molecule has 1 N–H and O–H groups in total. The van der Waals surface area contributed by atoms with Gasteiger partial charge in [-0.1, -0.05) is 6.07 Å². The standard InChI is InChI=1S/C15H19N3O4/c1-5-21-13(19)11-10-8-6-7-9-18(10)17-12(11)16-14(20)22-15(2,3)4/h6-9H,5H2,1-4H3,(H,16,17,20). The van der Waals surface area contributed by atoms with Gasteiger partial charge in [0.1, 0.15) is 11.2 Å². The lowest BCUT2D eigenvalue weighted by molar-refractivity contribution is 0.0530. The largest absolute Gasteiger partial charge is 0.462 e. The van der Waals surface area contributed by atoms with Crippen molar-refractivity contribution in [2.75, 3.05) is 11.9 Å². The molecule has 7 heteroatoms. The van der Waals surface area contributed by atoms with Crippen LogP contribution in [0.4, 0.5) is 10.6 Å². The minimum atomic E-state index is -0.679. The van der Waals surface area contributed by atoms with Crippen LogP contribution in [0.5, 0.6) is 0 Å². The van der Waals surface area contributed by atoms with Crippen molar-refractivity contribution in [3.8, 4) is 0 Å². The van der Waals surface area contributed by atoms with Gasteiger partial charge in [-0.2, -0.15) is 0 Å². The number of esters is 1. The normalized spacial score (nSPS) is 11.3. The maximum Gasteiger partial charge on any atom is 0.413 e. The Hall–Kier alpha value is -2.57. The second-order valence-electron chi connectivity index (χ2n) is 5.60. The molecule has 0 atom stereocenters. The van der Waals surface area contributed by atoms with Crippen LogP contribution in [0.15, 0.2) is 24.4 Å². The molecule has 0 aromatic carbocycles. The predicted molar refractivity (Wildman–Crippen MR) is 81.0 cm³/mol. The van der Waals surface area contributed by atoms with Crippen molar-refractivity contribution in [2.45, 2.75) is 33.3 Å². The first-order valence-corrected chi connectivity index (χ1v) is 6.96. The van der Waals surface area contributed by atoms with Crippen molar-refractivity contribution in [3.63, 3.8) is 0 Å². The molecule has 2 aromatic rings. The summed E-state index contributed by atoms with van der Waals surface area (Å²) < 4.78 is 11.7. The van der Waals surface area contributed by atoms with E-state index in [1.54, 1.807) is 52.1 Å². The fraction of sp³-hybridized carbons (Fsp3) is 0.400. The van der Waals surface area contributed by atoms with Crippen LogP contribution < -0.4 is 5.32 Å². The number of fused-ring (bicyclic) bond motifs is 1. The van der Waals surface area contributed by atoms with E-state index in [0.29, 0.717) is 5.52 Å². The minimum Gasteiger partial charge on any atom is -0.462 e. The lowest BCUT2D eigenvalue weighted by Gasteiger charge is -2.19. The van der Waals surface area contributed by atoms with Crippen LogP contribution in [-0.4, -0.2) is 33.9 Å². The van der Waals surface area contributed by atoms with Gasteiger partial charge in [0.05, 0.1) is 12.1 Å². The van der Waals surface area contributed by atoms with E-state index in [2.05, 4.69) is 10.4 Å². The van der Waals surface area contributed by atoms with E-state index in [0.717, 1.165) is 0 Å². The molecule has 0 aliphatic rings. The van der Waals surface area contributed by atoms with Gasteiger partial charge in [-0.15, -0.1) is 5.10 Å². The zero-order valence-electron chi connectivity index (χ0n) is 13.0. The zero-order valence-corrected chi connectivity index (χ0v) is 13.0. The van der Waals surface area contributed by atoms with Crippen LogP contribution in [-0.2, 0) is 9.47 Å². The number of pyridine rings is 1. The molecule has 2 rings (SSSR count). The summed E-state index contributed by atoms with van der Waals surface area (Å²) >= 11 is 0. The summed E-state index contributed by atoms with van der Waals surface area (Å²) in [5.74, 6) is -0.436. The van der Waals surface area contributed by atoms with Gasteiger partial charge in [0.25, 0.3) is 0 Å². The molecule has 0 unspecified atom stereocenters. The van der Waals surface area contributed by atoms with Gasteiger partial charge in [0.15, 0.2) is 5.82 Å². The average Bonchev–Trinajstić information content (AvgIpc) is 2.74. The number of nitrogens with one attached hydrogen (secondary N) is 1. The van der Waals surface area contributed by atoms with Crippen molar-refractivity contribution < 1.29 is 19.1 Å². The number of aromatic nitrogens is 2. The highest BCUT2D eigenvalue weighted by Gasteiger charge is 2.24. The smallest absolute Gasteiger partial charge is 0.413 e. The maximum atomic E-state index is 12.1. The van der Waals surface area contributed by atoms with Crippen molar-refractivity contribution in [2.24, 2.45) is 0 Å². The van der Waals surface area contributed by atoms with Gasteiger partial charge >= 0.3 is 12.1 Å². The highest BCUT2D eigenvalue weighted by atomic mass is 16.6. The van der Waals surface area contributed by atoms with Crippen molar-refractivity contribution in [1.82, 2.24) is 9.61 Å². The number of carbonyl (C=O) groups excluding carboxylic acids is 2. The molecule has 2 heterocycles. The van der Waals surface area contributed by atoms with Crippen LogP contribution >= 0.6 is 0 Å². The molecule has 0 fully saturated rings. The molecule has 22 heavy (non-hydrogen) atoms. The van der Waals surface area contributed by atoms with E-state index in [1.807, 2.05) is 0 Å². The SMILES string of the molecule is CCOC(=O)c1c(NC(=O)OC(C)(C)C)nn2ccccc12. The minimum absolute atomic E-state index is 0.110. The molecule has 118 valence electrons. The molecule has 0 aliphatic carbocycles. The molecule has 7 nitrogen and oxygen atoms in total. The predicted octanol–water partition coefficient (Wildman–Crippen LogP) is 2.86. The summed E-state index contributed by atoms with van der Waals surface area (Å²) in [6.45, 7) is 7.20. The van der Waals surface area contributed by atoms with Gasteiger partial charge in [0, 0.05) is 6.20 Å². The summed E-state index contributed by atoms with van der Waals surface area (Å²) in [4.78, 5) is 24.0.